The number of rotatable bonds is 3. The minimum absolute atomic E-state index is 0.0346. The van der Waals surface area contributed by atoms with Crippen molar-refractivity contribution in [2.24, 2.45) is 0 Å². The van der Waals surface area contributed by atoms with Crippen LogP contribution in [0, 0.1) is 0 Å². The Morgan fingerprint density at radius 2 is 1.15 bits per heavy atom. The van der Waals surface area contributed by atoms with Crippen molar-refractivity contribution in [3.8, 4) is 0 Å². The molecule has 2 aliphatic rings. The molecule has 3 rings (SSSR count). The quantitative estimate of drug-likeness (QED) is 0.760. The summed E-state index contributed by atoms with van der Waals surface area (Å²) in [5.74, 6) is -1.10. The number of hydrogen-bond donors (Lipinski definition) is 0. The predicted octanol–water partition coefficient (Wildman–Crippen LogP) is 2.04. The molecule has 0 N–H and O–H groups in total. The van der Waals surface area contributed by atoms with Crippen molar-refractivity contribution < 1.29 is 19.1 Å². The third kappa shape index (κ3) is 4.68. The van der Waals surface area contributed by atoms with Crippen LogP contribution in [0.4, 0.5) is 0 Å². The second-order valence-corrected chi connectivity index (χ2v) is 7.84. The van der Waals surface area contributed by atoms with E-state index in [1.165, 1.54) is 0 Å². The van der Waals surface area contributed by atoms with Crippen LogP contribution >= 0.6 is 0 Å². The molecule has 2 amide bonds. The van der Waals surface area contributed by atoms with Crippen molar-refractivity contribution in [1.82, 2.24) is 9.80 Å². The van der Waals surface area contributed by atoms with E-state index < -0.39 is 5.92 Å². The van der Waals surface area contributed by atoms with Gasteiger partial charge in [-0.15, -0.1) is 0 Å². The lowest BCUT2D eigenvalue weighted by Crippen LogP contribution is -2.54. The predicted molar refractivity (Wildman–Crippen MR) is 102 cm³/mol. The van der Waals surface area contributed by atoms with Crippen LogP contribution in [-0.4, -0.2) is 72.2 Å². The fraction of sp³-hybridized carbons (Fsp3) is 0.619. The maximum atomic E-state index is 13.4. The van der Waals surface area contributed by atoms with Crippen molar-refractivity contribution in [3.05, 3.63) is 35.9 Å². The van der Waals surface area contributed by atoms with Crippen molar-refractivity contribution in [3.63, 3.8) is 0 Å². The Kier molecular flexibility index (Phi) is 6.17. The Labute approximate surface area is 161 Å². The topological polar surface area (TPSA) is 59.1 Å². The normalized spacial score (nSPS) is 30.1. The minimum atomic E-state index is -0.818. The number of morpholine rings is 2. The summed E-state index contributed by atoms with van der Waals surface area (Å²) in [5, 5.41) is 0. The van der Waals surface area contributed by atoms with E-state index in [-0.39, 0.29) is 36.2 Å². The molecule has 2 saturated heterocycles. The van der Waals surface area contributed by atoms with E-state index in [0.29, 0.717) is 26.2 Å². The molecule has 2 fully saturated rings. The molecule has 0 aromatic heterocycles. The zero-order chi connectivity index (χ0) is 19.6. The van der Waals surface area contributed by atoms with Crippen LogP contribution in [0.15, 0.2) is 30.3 Å². The first-order chi connectivity index (χ1) is 12.8. The van der Waals surface area contributed by atoms with Gasteiger partial charge in [0, 0.05) is 26.2 Å². The molecule has 1 aromatic rings. The Balaban J connectivity index is 1.87. The Morgan fingerprint density at radius 3 is 1.52 bits per heavy atom. The molecule has 0 spiro atoms. The molecule has 0 bridgehead atoms. The zero-order valence-electron chi connectivity index (χ0n) is 16.6. The van der Waals surface area contributed by atoms with Gasteiger partial charge in [0.15, 0.2) is 0 Å². The summed E-state index contributed by atoms with van der Waals surface area (Å²) >= 11 is 0. The zero-order valence-corrected chi connectivity index (χ0v) is 16.6. The molecular weight excluding hydrogens is 344 g/mol. The number of carbonyl (C=O) groups is 2. The monoisotopic (exact) mass is 374 g/mol. The highest BCUT2D eigenvalue weighted by Crippen LogP contribution is 2.25. The highest BCUT2D eigenvalue weighted by Gasteiger charge is 2.39. The van der Waals surface area contributed by atoms with E-state index in [9.17, 15) is 9.59 Å². The molecule has 1 aromatic carbocycles. The van der Waals surface area contributed by atoms with Gasteiger partial charge in [-0.25, -0.2) is 0 Å². The van der Waals surface area contributed by atoms with Crippen molar-refractivity contribution in [2.45, 2.75) is 58.0 Å². The van der Waals surface area contributed by atoms with Gasteiger partial charge in [0.05, 0.1) is 24.4 Å². The summed E-state index contributed by atoms with van der Waals surface area (Å²) in [5.41, 5.74) is 0.742. The van der Waals surface area contributed by atoms with Gasteiger partial charge in [-0.05, 0) is 33.3 Å². The highest BCUT2D eigenvalue weighted by molar-refractivity contribution is 6.05. The Hall–Kier alpha value is -1.92. The van der Waals surface area contributed by atoms with Crippen molar-refractivity contribution >= 4 is 11.8 Å². The van der Waals surface area contributed by atoms with Gasteiger partial charge in [-0.1, -0.05) is 30.3 Å². The van der Waals surface area contributed by atoms with Crippen LogP contribution in [0.5, 0.6) is 0 Å². The lowest BCUT2D eigenvalue weighted by Gasteiger charge is -2.40. The summed E-state index contributed by atoms with van der Waals surface area (Å²) in [6.45, 7) is 9.87. The number of hydrogen-bond acceptors (Lipinski definition) is 4. The lowest BCUT2D eigenvalue weighted by atomic mass is 9.94. The first-order valence-electron chi connectivity index (χ1n) is 9.78. The molecule has 2 aliphatic heterocycles. The second kappa shape index (κ2) is 8.40. The van der Waals surface area contributed by atoms with Gasteiger partial charge >= 0.3 is 0 Å². The van der Waals surface area contributed by atoms with Gasteiger partial charge < -0.3 is 19.3 Å². The Bertz CT molecular complexity index is 607. The third-order valence-electron chi connectivity index (χ3n) is 5.09. The van der Waals surface area contributed by atoms with Gasteiger partial charge in [0.1, 0.15) is 5.92 Å². The maximum Gasteiger partial charge on any atom is 0.239 e. The molecule has 0 saturated carbocycles. The van der Waals surface area contributed by atoms with Crippen LogP contribution in [-0.2, 0) is 19.1 Å². The third-order valence-corrected chi connectivity index (χ3v) is 5.09. The number of carbonyl (C=O) groups excluding carboxylic acids is 2. The average Bonchev–Trinajstić information content (AvgIpc) is 2.61. The number of nitrogens with zero attached hydrogens (tertiary/aromatic N) is 2. The van der Waals surface area contributed by atoms with Crippen molar-refractivity contribution in [2.75, 3.05) is 26.2 Å². The molecule has 27 heavy (non-hydrogen) atoms. The van der Waals surface area contributed by atoms with Crippen LogP contribution in [0.25, 0.3) is 0 Å². The van der Waals surface area contributed by atoms with Gasteiger partial charge in [-0.2, -0.15) is 0 Å². The molecular formula is C21H30N2O4. The lowest BCUT2D eigenvalue weighted by molar-refractivity contribution is -0.155. The second-order valence-electron chi connectivity index (χ2n) is 7.84. The first-order valence-corrected chi connectivity index (χ1v) is 9.78. The molecule has 0 aliphatic carbocycles. The number of benzene rings is 1. The summed E-state index contributed by atoms with van der Waals surface area (Å²) in [6, 6.07) is 9.37. The fourth-order valence-electron chi connectivity index (χ4n) is 4.12. The maximum absolute atomic E-state index is 13.4. The SMILES string of the molecule is CC1CN(C(=O)C(C(=O)N2CC(C)OC(C)C2)c2ccccc2)CC(C)O1. The van der Waals surface area contributed by atoms with Crippen LogP contribution in [0.3, 0.4) is 0 Å². The largest absolute Gasteiger partial charge is 0.372 e. The molecule has 2 heterocycles. The van der Waals surface area contributed by atoms with Gasteiger partial charge in [0.25, 0.3) is 0 Å². The van der Waals surface area contributed by atoms with Gasteiger partial charge in [-0.3, -0.25) is 9.59 Å². The summed E-state index contributed by atoms with van der Waals surface area (Å²) in [6.07, 6.45) is -0.138. The fourth-order valence-corrected chi connectivity index (χ4v) is 4.12. The van der Waals surface area contributed by atoms with E-state index >= 15 is 0 Å². The molecule has 4 atom stereocenters. The van der Waals surface area contributed by atoms with Crippen molar-refractivity contribution in [1.29, 1.82) is 0 Å². The molecule has 6 nitrogen and oxygen atoms in total. The summed E-state index contributed by atoms with van der Waals surface area (Å²) in [7, 11) is 0. The minimum Gasteiger partial charge on any atom is -0.372 e. The number of amides is 2. The van der Waals surface area contributed by atoms with Crippen LogP contribution in [0.2, 0.25) is 0 Å². The van der Waals surface area contributed by atoms with E-state index in [4.69, 9.17) is 9.47 Å². The molecule has 148 valence electrons. The van der Waals surface area contributed by atoms with E-state index in [1.54, 1.807) is 9.80 Å². The first kappa shape index (κ1) is 19.8. The molecule has 4 unspecified atom stereocenters. The van der Waals surface area contributed by atoms with E-state index in [0.717, 1.165) is 5.56 Å². The molecule has 6 heteroatoms. The van der Waals surface area contributed by atoms with Gasteiger partial charge in [0.2, 0.25) is 11.8 Å². The van der Waals surface area contributed by atoms with Crippen LogP contribution in [0.1, 0.15) is 39.2 Å². The standard InChI is InChI=1S/C21H30N2O4/c1-14-10-22(11-15(2)26-14)20(24)19(18-8-6-5-7-9-18)21(25)23-12-16(3)27-17(4)13-23/h5-9,14-17,19H,10-13H2,1-4H3. The van der Waals surface area contributed by atoms with Crippen LogP contribution < -0.4 is 0 Å². The Morgan fingerprint density at radius 1 is 0.778 bits per heavy atom. The summed E-state index contributed by atoms with van der Waals surface area (Å²) in [4.78, 5) is 30.4. The average molecular weight is 374 g/mol. The van der Waals surface area contributed by atoms with E-state index in [1.807, 2.05) is 58.0 Å². The summed E-state index contributed by atoms with van der Waals surface area (Å²) < 4.78 is 11.5. The highest BCUT2D eigenvalue weighted by atomic mass is 16.5. The van der Waals surface area contributed by atoms with E-state index in [2.05, 4.69) is 0 Å². The smallest absolute Gasteiger partial charge is 0.239 e. The number of ether oxygens (including phenoxy) is 2. The molecule has 0 radical (unpaired) electrons.